The number of nitrogens with one attached hydrogen (secondary N) is 1. The van der Waals surface area contributed by atoms with E-state index in [4.69, 9.17) is 10.5 Å². The molecule has 0 bridgehead atoms. The molecule has 0 fully saturated rings. The number of halogens is 1. The fraction of sp³-hybridized carbons (Fsp3) is 0.208. The fourth-order valence-electron chi connectivity index (χ4n) is 2.45. The first-order valence-corrected chi connectivity index (χ1v) is 9.49. The minimum Gasteiger partial charge on any atom is -0.457 e. The molecule has 2 aromatic carbocycles. The third-order valence-corrected chi connectivity index (χ3v) is 4.27. The van der Waals surface area contributed by atoms with E-state index in [1.807, 2.05) is 37.3 Å². The van der Waals surface area contributed by atoms with E-state index in [-0.39, 0.29) is 11.7 Å². The van der Waals surface area contributed by atoms with Crippen LogP contribution in [-0.2, 0) is 11.3 Å². The van der Waals surface area contributed by atoms with Crippen LogP contribution in [0.15, 0.2) is 83.6 Å². The maximum Gasteiger partial charge on any atom is 0.253 e. The van der Waals surface area contributed by atoms with Crippen LogP contribution >= 0.6 is 0 Å². The standard InChI is InChI=1S/C24H27FN2O2/c1-4-17(2)7-5-10-23(18(3)26)24(28)27-16-19-8-6-9-22(15-19)29-21-13-11-20(25)12-14-21/h5-15H,4,16,26H2,1-3H3,(H,27,28)/b10-5-,17-7?,23-18-. The Morgan fingerprint density at radius 2 is 1.86 bits per heavy atom. The second-order valence-corrected chi connectivity index (χ2v) is 6.71. The highest BCUT2D eigenvalue weighted by Crippen LogP contribution is 2.22. The summed E-state index contributed by atoms with van der Waals surface area (Å²) >= 11 is 0. The summed E-state index contributed by atoms with van der Waals surface area (Å²) in [5.41, 5.74) is 8.85. The Labute approximate surface area is 171 Å². The number of rotatable bonds is 8. The minimum absolute atomic E-state index is 0.242. The average molecular weight is 394 g/mol. The summed E-state index contributed by atoms with van der Waals surface area (Å²) in [7, 11) is 0. The van der Waals surface area contributed by atoms with Crippen LogP contribution in [0.4, 0.5) is 4.39 Å². The highest BCUT2D eigenvalue weighted by Gasteiger charge is 2.09. The van der Waals surface area contributed by atoms with Gasteiger partial charge in [0.15, 0.2) is 0 Å². The van der Waals surface area contributed by atoms with E-state index >= 15 is 0 Å². The molecular weight excluding hydrogens is 367 g/mol. The summed E-state index contributed by atoms with van der Waals surface area (Å²) in [4.78, 5) is 12.5. The van der Waals surface area contributed by atoms with Crippen molar-refractivity contribution in [1.29, 1.82) is 0 Å². The zero-order valence-electron chi connectivity index (χ0n) is 17.0. The number of carbonyl (C=O) groups excluding carboxylic acids is 1. The molecule has 29 heavy (non-hydrogen) atoms. The lowest BCUT2D eigenvalue weighted by Gasteiger charge is -2.10. The molecule has 0 atom stereocenters. The van der Waals surface area contributed by atoms with Crippen LogP contribution in [0.25, 0.3) is 0 Å². The molecule has 0 saturated carbocycles. The van der Waals surface area contributed by atoms with Gasteiger partial charge in [0.05, 0.1) is 5.57 Å². The van der Waals surface area contributed by atoms with E-state index in [0.717, 1.165) is 12.0 Å². The molecule has 0 aliphatic carbocycles. The summed E-state index contributed by atoms with van der Waals surface area (Å²) < 4.78 is 18.7. The Morgan fingerprint density at radius 1 is 1.14 bits per heavy atom. The van der Waals surface area contributed by atoms with Crippen molar-refractivity contribution in [3.8, 4) is 11.5 Å². The van der Waals surface area contributed by atoms with E-state index < -0.39 is 0 Å². The molecule has 4 nitrogen and oxygen atoms in total. The molecule has 152 valence electrons. The second kappa shape index (κ2) is 10.9. The Balaban J connectivity index is 2.01. The highest BCUT2D eigenvalue weighted by atomic mass is 19.1. The maximum absolute atomic E-state index is 13.0. The molecule has 2 aromatic rings. The zero-order valence-corrected chi connectivity index (χ0v) is 17.0. The van der Waals surface area contributed by atoms with Crippen molar-refractivity contribution in [3.05, 3.63) is 95.0 Å². The molecule has 0 spiro atoms. The molecule has 3 N–H and O–H groups in total. The largest absolute Gasteiger partial charge is 0.457 e. The molecule has 5 heteroatoms. The maximum atomic E-state index is 13.0. The number of allylic oxidation sites excluding steroid dienone is 4. The topological polar surface area (TPSA) is 64.3 Å². The normalized spacial score (nSPS) is 12.6. The van der Waals surface area contributed by atoms with E-state index in [2.05, 4.69) is 12.2 Å². The molecular formula is C24H27FN2O2. The summed E-state index contributed by atoms with van der Waals surface area (Å²) in [5.74, 6) is 0.585. The van der Waals surface area contributed by atoms with Crippen LogP contribution < -0.4 is 15.8 Å². The van der Waals surface area contributed by atoms with Crippen molar-refractivity contribution in [2.75, 3.05) is 0 Å². The van der Waals surface area contributed by atoms with Gasteiger partial charge in [0.2, 0.25) is 0 Å². The van der Waals surface area contributed by atoms with Crippen molar-refractivity contribution in [3.63, 3.8) is 0 Å². The minimum atomic E-state index is -0.317. The van der Waals surface area contributed by atoms with Crippen LogP contribution in [0.1, 0.15) is 32.8 Å². The molecule has 0 radical (unpaired) electrons. The Hall–Kier alpha value is -3.34. The SMILES string of the molecule is CCC(C)=C/C=C\C(C(=O)NCc1cccc(Oc2ccc(F)cc2)c1)=C(/C)N. The van der Waals surface area contributed by atoms with Gasteiger partial charge >= 0.3 is 0 Å². The number of amides is 1. The summed E-state index contributed by atoms with van der Waals surface area (Å²) in [6.45, 7) is 6.13. The molecule has 0 aliphatic rings. The quantitative estimate of drug-likeness (QED) is 0.467. The smallest absolute Gasteiger partial charge is 0.253 e. The number of carbonyl (C=O) groups is 1. The van der Waals surface area contributed by atoms with Gasteiger partial charge in [-0.2, -0.15) is 0 Å². The van der Waals surface area contributed by atoms with Crippen LogP contribution in [0.3, 0.4) is 0 Å². The van der Waals surface area contributed by atoms with E-state index in [9.17, 15) is 9.18 Å². The van der Waals surface area contributed by atoms with Crippen molar-refractivity contribution in [1.82, 2.24) is 5.32 Å². The van der Waals surface area contributed by atoms with Gasteiger partial charge in [0.1, 0.15) is 17.3 Å². The van der Waals surface area contributed by atoms with Gasteiger partial charge in [0.25, 0.3) is 5.91 Å². The van der Waals surface area contributed by atoms with Crippen molar-refractivity contribution in [2.24, 2.45) is 5.73 Å². The van der Waals surface area contributed by atoms with Crippen molar-refractivity contribution < 1.29 is 13.9 Å². The predicted octanol–water partition coefficient (Wildman–Crippen LogP) is 5.38. The van der Waals surface area contributed by atoms with Gasteiger partial charge in [-0.05, 0) is 68.3 Å². The summed E-state index contributed by atoms with van der Waals surface area (Å²) in [6, 6.07) is 13.2. The monoisotopic (exact) mass is 394 g/mol. The van der Waals surface area contributed by atoms with Gasteiger partial charge in [-0.1, -0.05) is 36.8 Å². The number of benzene rings is 2. The van der Waals surface area contributed by atoms with Crippen LogP contribution in [-0.4, -0.2) is 5.91 Å². The highest BCUT2D eigenvalue weighted by molar-refractivity contribution is 5.96. The summed E-state index contributed by atoms with van der Waals surface area (Å²) in [6.07, 6.45) is 6.47. The first-order valence-electron chi connectivity index (χ1n) is 9.49. The lowest BCUT2D eigenvalue weighted by Crippen LogP contribution is -2.25. The number of nitrogens with two attached hydrogens (primary N) is 1. The van der Waals surface area contributed by atoms with Crippen LogP contribution in [0.2, 0.25) is 0 Å². The van der Waals surface area contributed by atoms with Gasteiger partial charge in [-0.3, -0.25) is 4.79 Å². The third-order valence-electron chi connectivity index (χ3n) is 4.27. The number of hydrogen-bond acceptors (Lipinski definition) is 3. The van der Waals surface area contributed by atoms with E-state index in [0.29, 0.717) is 29.3 Å². The zero-order chi connectivity index (χ0) is 21.2. The second-order valence-electron chi connectivity index (χ2n) is 6.71. The predicted molar refractivity (Wildman–Crippen MR) is 115 cm³/mol. The molecule has 0 aliphatic heterocycles. The van der Waals surface area contributed by atoms with E-state index in [1.54, 1.807) is 31.2 Å². The van der Waals surface area contributed by atoms with Gasteiger partial charge < -0.3 is 15.8 Å². The fourth-order valence-corrected chi connectivity index (χ4v) is 2.45. The van der Waals surface area contributed by atoms with Crippen molar-refractivity contribution in [2.45, 2.75) is 33.7 Å². The first-order chi connectivity index (χ1) is 13.9. The molecule has 0 unspecified atom stereocenters. The van der Waals surface area contributed by atoms with Gasteiger partial charge in [0, 0.05) is 12.2 Å². The molecule has 1 amide bonds. The Bertz CT molecular complexity index is 924. The van der Waals surface area contributed by atoms with Crippen LogP contribution in [0, 0.1) is 5.82 Å². The molecule has 0 aromatic heterocycles. The Kier molecular flexibility index (Phi) is 8.22. The van der Waals surface area contributed by atoms with Gasteiger partial charge in [-0.15, -0.1) is 0 Å². The summed E-state index contributed by atoms with van der Waals surface area (Å²) in [5, 5.41) is 2.88. The average Bonchev–Trinajstić information content (AvgIpc) is 2.71. The Morgan fingerprint density at radius 3 is 2.52 bits per heavy atom. The van der Waals surface area contributed by atoms with E-state index in [1.165, 1.54) is 17.7 Å². The molecule has 0 saturated heterocycles. The number of hydrogen-bond donors (Lipinski definition) is 2. The van der Waals surface area contributed by atoms with Crippen LogP contribution in [0.5, 0.6) is 11.5 Å². The van der Waals surface area contributed by atoms with Gasteiger partial charge in [-0.25, -0.2) is 4.39 Å². The lowest BCUT2D eigenvalue weighted by molar-refractivity contribution is -0.117. The first kappa shape index (κ1) is 22.0. The van der Waals surface area contributed by atoms with Crippen molar-refractivity contribution >= 4 is 5.91 Å². The lowest BCUT2D eigenvalue weighted by atomic mass is 10.1. The number of ether oxygens (including phenoxy) is 1. The molecule has 2 rings (SSSR count). The third kappa shape index (κ3) is 7.30. The molecule has 0 heterocycles.